The number of furan rings is 1. The highest BCUT2D eigenvalue weighted by atomic mass is 16.3. The molecule has 0 saturated heterocycles. The van der Waals surface area contributed by atoms with E-state index in [1.165, 1.54) is 54.9 Å². The average Bonchev–Trinajstić information content (AvgIpc) is 3.60. The summed E-state index contributed by atoms with van der Waals surface area (Å²) in [6.07, 6.45) is 0. The molecule has 1 aromatic heterocycles. The second-order valence-corrected chi connectivity index (χ2v) is 13.3. The summed E-state index contributed by atoms with van der Waals surface area (Å²) in [5.41, 5.74) is 12.3. The number of para-hydroxylation sites is 1. The van der Waals surface area contributed by atoms with Crippen LogP contribution >= 0.6 is 0 Å². The monoisotopic (exact) mass is 663 g/mol. The molecule has 0 unspecified atom stereocenters. The van der Waals surface area contributed by atoms with Crippen LogP contribution in [0.15, 0.2) is 205 Å². The number of benzene rings is 9. The second kappa shape index (κ2) is 12.5. The lowest BCUT2D eigenvalue weighted by Gasteiger charge is -2.26. The molecule has 0 bridgehead atoms. The molecule has 10 rings (SSSR count). The molecule has 0 spiro atoms. The van der Waals surface area contributed by atoms with Crippen molar-refractivity contribution in [3.8, 4) is 33.4 Å². The first kappa shape index (κ1) is 30.0. The quantitative estimate of drug-likeness (QED) is 0.165. The van der Waals surface area contributed by atoms with Crippen molar-refractivity contribution < 1.29 is 4.42 Å². The van der Waals surface area contributed by atoms with Crippen LogP contribution in [-0.4, -0.2) is 0 Å². The van der Waals surface area contributed by atoms with Gasteiger partial charge in [0, 0.05) is 27.8 Å². The Hall–Kier alpha value is -6.90. The third kappa shape index (κ3) is 5.21. The van der Waals surface area contributed by atoms with Crippen LogP contribution in [0.4, 0.5) is 17.1 Å². The van der Waals surface area contributed by atoms with Gasteiger partial charge in [-0.1, -0.05) is 152 Å². The Balaban J connectivity index is 1.01. The second-order valence-electron chi connectivity index (χ2n) is 13.3. The maximum atomic E-state index is 6.18. The molecule has 0 saturated carbocycles. The highest BCUT2D eigenvalue weighted by Gasteiger charge is 2.16. The maximum Gasteiger partial charge on any atom is 0.135 e. The van der Waals surface area contributed by atoms with E-state index in [-0.39, 0.29) is 0 Å². The lowest BCUT2D eigenvalue weighted by atomic mass is 9.93. The van der Waals surface area contributed by atoms with Crippen LogP contribution in [0, 0.1) is 0 Å². The summed E-state index contributed by atoms with van der Waals surface area (Å²) < 4.78 is 6.18. The average molecular weight is 664 g/mol. The van der Waals surface area contributed by atoms with Gasteiger partial charge in [0.1, 0.15) is 11.2 Å². The van der Waals surface area contributed by atoms with Gasteiger partial charge < -0.3 is 9.32 Å². The Morgan fingerprint density at radius 3 is 1.56 bits per heavy atom. The Kier molecular flexibility index (Phi) is 7.18. The molecule has 52 heavy (non-hydrogen) atoms. The molecule has 2 heteroatoms. The van der Waals surface area contributed by atoms with E-state index in [0.29, 0.717) is 0 Å². The molecule has 1 heterocycles. The van der Waals surface area contributed by atoms with Gasteiger partial charge in [-0.05, 0) is 103 Å². The van der Waals surface area contributed by atoms with Crippen molar-refractivity contribution in [2.24, 2.45) is 0 Å². The summed E-state index contributed by atoms with van der Waals surface area (Å²) in [6.45, 7) is 0. The summed E-state index contributed by atoms with van der Waals surface area (Å²) in [4.78, 5) is 2.33. The molecule has 0 fully saturated rings. The topological polar surface area (TPSA) is 16.4 Å². The smallest absolute Gasteiger partial charge is 0.135 e. The largest absolute Gasteiger partial charge is 0.456 e. The van der Waals surface area contributed by atoms with Crippen molar-refractivity contribution in [3.05, 3.63) is 200 Å². The molecule has 0 aliphatic rings. The van der Waals surface area contributed by atoms with E-state index in [1.54, 1.807) is 0 Å². The van der Waals surface area contributed by atoms with E-state index in [9.17, 15) is 0 Å². The third-order valence-corrected chi connectivity index (χ3v) is 10.3. The third-order valence-electron chi connectivity index (χ3n) is 10.3. The van der Waals surface area contributed by atoms with Gasteiger partial charge in [-0.15, -0.1) is 0 Å². The molecule has 2 nitrogen and oxygen atoms in total. The van der Waals surface area contributed by atoms with Gasteiger partial charge in [0.2, 0.25) is 0 Å². The fourth-order valence-electron chi connectivity index (χ4n) is 7.67. The predicted molar refractivity (Wildman–Crippen MR) is 220 cm³/mol. The van der Waals surface area contributed by atoms with Crippen LogP contribution in [0.1, 0.15) is 0 Å². The number of anilines is 3. The Morgan fingerprint density at radius 1 is 0.288 bits per heavy atom. The molecule has 0 radical (unpaired) electrons. The van der Waals surface area contributed by atoms with Gasteiger partial charge >= 0.3 is 0 Å². The van der Waals surface area contributed by atoms with Crippen molar-refractivity contribution in [2.75, 3.05) is 4.90 Å². The molecule has 0 amide bonds. The van der Waals surface area contributed by atoms with Crippen LogP contribution < -0.4 is 4.90 Å². The molecule has 244 valence electrons. The molecule has 0 aliphatic carbocycles. The molecule has 0 atom stereocenters. The first-order valence-electron chi connectivity index (χ1n) is 17.8. The number of nitrogens with zero attached hydrogens (tertiary/aromatic N) is 1. The van der Waals surface area contributed by atoms with Gasteiger partial charge in [-0.3, -0.25) is 0 Å². The Labute approximate surface area is 302 Å². The van der Waals surface area contributed by atoms with Crippen molar-refractivity contribution in [2.45, 2.75) is 0 Å². The number of fused-ring (bicyclic) bond motifs is 6. The van der Waals surface area contributed by atoms with Crippen molar-refractivity contribution in [3.63, 3.8) is 0 Å². The van der Waals surface area contributed by atoms with Gasteiger partial charge in [0.05, 0.1) is 0 Å². The molecule has 10 aromatic rings. The fraction of sp³-hybridized carbons (Fsp3) is 0. The maximum absolute atomic E-state index is 6.18. The molecular weight excluding hydrogens is 631 g/mol. The van der Waals surface area contributed by atoms with Gasteiger partial charge in [-0.25, -0.2) is 0 Å². The molecule has 0 N–H and O–H groups in total. The summed E-state index contributed by atoms with van der Waals surface area (Å²) >= 11 is 0. The van der Waals surface area contributed by atoms with E-state index in [4.69, 9.17) is 4.42 Å². The molecule has 9 aromatic carbocycles. The zero-order valence-corrected chi connectivity index (χ0v) is 28.4. The van der Waals surface area contributed by atoms with E-state index in [0.717, 1.165) is 39.0 Å². The van der Waals surface area contributed by atoms with E-state index in [2.05, 4.69) is 193 Å². The first-order chi connectivity index (χ1) is 25.8. The van der Waals surface area contributed by atoms with E-state index < -0.39 is 0 Å². The van der Waals surface area contributed by atoms with E-state index in [1.807, 2.05) is 12.1 Å². The minimum atomic E-state index is 0.889. The summed E-state index contributed by atoms with van der Waals surface area (Å²) in [5, 5.41) is 7.35. The normalized spacial score (nSPS) is 11.5. The van der Waals surface area contributed by atoms with Crippen LogP contribution in [0.5, 0.6) is 0 Å². The van der Waals surface area contributed by atoms with Crippen LogP contribution in [0.3, 0.4) is 0 Å². The Morgan fingerprint density at radius 2 is 0.827 bits per heavy atom. The fourth-order valence-corrected chi connectivity index (χ4v) is 7.67. The van der Waals surface area contributed by atoms with Gasteiger partial charge in [0.15, 0.2) is 0 Å². The predicted octanol–water partition coefficient (Wildman–Crippen LogP) is 14.4. The SMILES string of the molecule is c1ccc(-c2ccc(N(c3ccc(-c4ccc(-c5cccc6c5ccc5ccccc56)cc4)cc3)c3ccc4oc5ccccc5c4c3)cc2)cc1. The minimum Gasteiger partial charge on any atom is -0.456 e. The lowest BCUT2D eigenvalue weighted by Crippen LogP contribution is -2.09. The minimum absolute atomic E-state index is 0.889. The van der Waals surface area contributed by atoms with Crippen LogP contribution in [0.2, 0.25) is 0 Å². The van der Waals surface area contributed by atoms with Crippen LogP contribution in [-0.2, 0) is 0 Å². The number of hydrogen-bond donors (Lipinski definition) is 0. The summed E-state index contributed by atoms with van der Waals surface area (Å²) in [7, 11) is 0. The zero-order chi connectivity index (χ0) is 34.4. The first-order valence-corrected chi connectivity index (χ1v) is 17.8. The number of hydrogen-bond acceptors (Lipinski definition) is 2. The van der Waals surface area contributed by atoms with Gasteiger partial charge in [0.25, 0.3) is 0 Å². The zero-order valence-electron chi connectivity index (χ0n) is 28.4. The highest BCUT2D eigenvalue weighted by molar-refractivity contribution is 6.12. The van der Waals surface area contributed by atoms with E-state index >= 15 is 0 Å². The molecular formula is C50H33NO. The lowest BCUT2D eigenvalue weighted by molar-refractivity contribution is 0.669. The Bertz CT molecular complexity index is 2870. The molecule has 0 aliphatic heterocycles. The standard InChI is InChI=1S/C50H33NO/c1-2-9-34(10-3-1)36-21-26-40(27-22-36)51(42-30-32-50-48(33-42)47-13-6-7-16-49(47)52-50)41-28-23-37(24-29-41)35-17-19-39(20-18-35)44-14-8-15-45-43-12-5-4-11-38(43)25-31-46(44)45/h1-33H. The van der Waals surface area contributed by atoms with Crippen molar-refractivity contribution >= 4 is 60.5 Å². The van der Waals surface area contributed by atoms with Gasteiger partial charge in [-0.2, -0.15) is 0 Å². The summed E-state index contributed by atoms with van der Waals surface area (Å²) in [5.74, 6) is 0. The number of rotatable bonds is 6. The van der Waals surface area contributed by atoms with Crippen molar-refractivity contribution in [1.29, 1.82) is 0 Å². The van der Waals surface area contributed by atoms with Crippen molar-refractivity contribution in [1.82, 2.24) is 0 Å². The van der Waals surface area contributed by atoms with Crippen LogP contribution in [0.25, 0.3) is 76.9 Å². The summed E-state index contributed by atoms with van der Waals surface area (Å²) in [6, 6.07) is 71.7. The highest BCUT2D eigenvalue weighted by Crippen LogP contribution is 2.40.